The summed E-state index contributed by atoms with van der Waals surface area (Å²) in [6, 6.07) is 6.43. The lowest BCUT2D eigenvalue weighted by Crippen LogP contribution is -2.33. The van der Waals surface area contributed by atoms with Crippen LogP contribution in [0.1, 0.15) is 10.4 Å². The number of amides is 1. The van der Waals surface area contributed by atoms with Crippen LogP contribution in [0.3, 0.4) is 0 Å². The van der Waals surface area contributed by atoms with Crippen LogP contribution in [0.2, 0.25) is 0 Å². The fourth-order valence-electron chi connectivity index (χ4n) is 1.38. The number of carbonyl (C=O) groups excluding carboxylic acids is 2. The summed E-state index contributed by atoms with van der Waals surface area (Å²) in [5, 5.41) is -0.521. The van der Waals surface area contributed by atoms with Gasteiger partial charge in [0.25, 0.3) is 5.24 Å². The zero-order valence-electron chi connectivity index (χ0n) is 8.22. The van der Waals surface area contributed by atoms with Crippen LogP contribution in [0.5, 0.6) is 0 Å². The van der Waals surface area contributed by atoms with Crippen LogP contribution in [-0.4, -0.2) is 17.9 Å². The molecule has 2 rings (SSSR count). The van der Waals surface area contributed by atoms with Crippen molar-refractivity contribution in [1.29, 1.82) is 0 Å². The number of carbonyl (C=O) groups is 2. The van der Waals surface area contributed by atoms with E-state index in [1.165, 1.54) is 11.2 Å². The van der Waals surface area contributed by atoms with Gasteiger partial charge in [-0.2, -0.15) is 0 Å². The monoisotopic (exact) mass is 237 g/mol. The van der Waals surface area contributed by atoms with E-state index in [1.54, 1.807) is 30.3 Å². The van der Waals surface area contributed by atoms with Crippen molar-refractivity contribution in [3.63, 3.8) is 0 Å². The first-order chi connectivity index (χ1) is 7.68. The van der Waals surface area contributed by atoms with Crippen molar-refractivity contribution in [2.24, 2.45) is 0 Å². The Morgan fingerprint density at radius 1 is 1.31 bits per heavy atom. The number of cyclic esters (lactones) is 1. The average molecular weight is 238 g/mol. The molecule has 0 saturated heterocycles. The van der Waals surface area contributed by atoms with Gasteiger partial charge < -0.3 is 4.74 Å². The van der Waals surface area contributed by atoms with Gasteiger partial charge >= 0.3 is 6.09 Å². The Kier molecular flexibility index (Phi) is 2.92. The topological polar surface area (TPSA) is 46.6 Å². The standard InChI is InChI=1S/C11H8ClNO3/c12-10(14)8-2-4-9(5-3-8)13-6-1-7-16-11(13)15/h1-5,7H,6H2. The van der Waals surface area contributed by atoms with E-state index in [1.807, 2.05) is 0 Å². The van der Waals surface area contributed by atoms with E-state index in [0.717, 1.165) is 0 Å². The van der Waals surface area contributed by atoms with Crippen molar-refractivity contribution in [3.05, 3.63) is 42.2 Å². The number of ether oxygens (including phenoxy) is 1. The maximum Gasteiger partial charge on any atom is 0.419 e. The molecule has 0 saturated carbocycles. The first-order valence-electron chi connectivity index (χ1n) is 4.61. The second-order valence-corrected chi connectivity index (χ2v) is 3.53. The van der Waals surface area contributed by atoms with Crippen molar-refractivity contribution in [3.8, 4) is 0 Å². The van der Waals surface area contributed by atoms with Crippen molar-refractivity contribution in [1.82, 2.24) is 0 Å². The lowest BCUT2D eigenvalue weighted by molar-refractivity contribution is 0.108. The number of rotatable bonds is 2. The number of halogens is 1. The van der Waals surface area contributed by atoms with Gasteiger partial charge in [-0.15, -0.1) is 0 Å². The quantitative estimate of drug-likeness (QED) is 0.743. The van der Waals surface area contributed by atoms with Gasteiger partial charge in [0, 0.05) is 11.3 Å². The summed E-state index contributed by atoms with van der Waals surface area (Å²) in [5.74, 6) is 0. The minimum absolute atomic E-state index is 0.395. The molecule has 1 aliphatic rings. The third-order valence-electron chi connectivity index (χ3n) is 2.18. The largest absolute Gasteiger partial charge is 0.419 e. The molecule has 16 heavy (non-hydrogen) atoms. The third-order valence-corrected chi connectivity index (χ3v) is 2.40. The van der Waals surface area contributed by atoms with E-state index < -0.39 is 11.3 Å². The second kappa shape index (κ2) is 4.37. The fourth-order valence-corrected chi connectivity index (χ4v) is 1.50. The van der Waals surface area contributed by atoms with E-state index in [4.69, 9.17) is 16.3 Å². The first kappa shape index (κ1) is 10.7. The van der Waals surface area contributed by atoms with Gasteiger partial charge in [-0.25, -0.2) is 4.79 Å². The normalized spacial score (nSPS) is 14.8. The summed E-state index contributed by atoms with van der Waals surface area (Å²) < 4.78 is 4.74. The van der Waals surface area contributed by atoms with Crippen molar-refractivity contribution < 1.29 is 14.3 Å². The zero-order chi connectivity index (χ0) is 11.5. The molecule has 0 aromatic heterocycles. The van der Waals surface area contributed by atoms with E-state index in [0.29, 0.717) is 17.8 Å². The first-order valence-corrected chi connectivity index (χ1v) is 4.99. The molecule has 0 fully saturated rings. The van der Waals surface area contributed by atoms with Crippen molar-refractivity contribution >= 4 is 28.6 Å². The van der Waals surface area contributed by atoms with E-state index >= 15 is 0 Å². The smallest absolute Gasteiger partial charge is 0.418 e. The molecule has 0 N–H and O–H groups in total. The van der Waals surface area contributed by atoms with Gasteiger partial charge in [0.2, 0.25) is 0 Å². The Balaban J connectivity index is 2.24. The minimum Gasteiger partial charge on any atom is -0.418 e. The zero-order valence-corrected chi connectivity index (χ0v) is 8.98. The highest BCUT2D eigenvalue weighted by Gasteiger charge is 2.18. The second-order valence-electron chi connectivity index (χ2n) is 3.19. The lowest BCUT2D eigenvalue weighted by atomic mass is 10.2. The molecule has 1 heterocycles. The van der Waals surface area contributed by atoms with Crippen LogP contribution in [0.25, 0.3) is 0 Å². The molecule has 4 nitrogen and oxygen atoms in total. The van der Waals surface area contributed by atoms with Crippen LogP contribution in [0.15, 0.2) is 36.6 Å². The maximum atomic E-state index is 11.4. The van der Waals surface area contributed by atoms with Crippen LogP contribution < -0.4 is 4.90 Å². The van der Waals surface area contributed by atoms with E-state index in [2.05, 4.69) is 0 Å². The molecule has 0 spiro atoms. The predicted molar refractivity (Wildman–Crippen MR) is 59.6 cm³/mol. The fraction of sp³-hybridized carbons (Fsp3) is 0.0909. The third kappa shape index (κ3) is 2.06. The molecule has 0 radical (unpaired) electrons. The van der Waals surface area contributed by atoms with Crippen LogP contribution >= 0.6 is 11.6 Å². The van der Waals surface area contributed by atoms with E-state index in [9.17, 15) is 9.59 Å². The summed E-state index contributed by atoms with van der Waals surface area (Å²) >= 11 is 5.31. The number of hydrogen-bond donors (Lipinski definition) is 0. The Hall–Kier alpha value is -1.81. The Bertz CT molecular complexity index is 453. The highest BCUT2D eigenvalue weighted by Crippen LogP contribution is 2.18. The number of benzene rings is 1. The highest BCUT2D eigenvalue weighted by molar-refractivity contribution is 6.67. The molecule has 1 aliphatic heterocycles. The molecule has 1 amide bonds. The molecule has 5 heteroatoms. The molecular weight excluding hydrogens is 230 g/mol. The van der Waals surface area contributed by atoms with Crippen LogP contribution in [0.4, 0.5) is 10.5 Å². The molecule has 0 bridgehead atoms. The molecule has 0 unspecified atom stereocenters. The summed E-state index contributed by atoms with van der Waals surface area (Å²) in [4.78, 5) is 23.7. The van der Waals surface area contributed by atoms with Crippen LogP contribution in [0, 0.1) is 0 Å². The van der Waals surface area contributed by atoms with Crippen molar-refractivity contribution in [2.75, 3.05) is 11.4 Å². The lowest BCUT2D eigenvalue weighted by Gasteiger charge is -2.22. The average Bonchev–Trinajstić information content (AvgIpc) is 2.30. The summed E-state index contributed by atoms with van der Waals surface area (Å²) in [6.45, 7) is 0.451. The summed E-state index contributed by atoms with van der Waals surface area (Å²) in [5.41, 5.74) is 1.06. The Morgan fingerprint density at radius 3 is 2.56 bits per heavy atom. The molecule has 1 aromatic rings. The number of nitrogens with zero attached hydrogens (tertiary/aromatic N) is 1. The SMILES string of the molecule is O=C(Cl)c1ccc(N2CC=COC2=O)cc1. The molecule has 0 aliphatic carbocycles. The van der Waals surface area contributed by atoms with Gasteiger partial charge in [0.05, 0.1) is 12.8 Å². The van der Waals surface area contributed by atoms with Gasteiger partial charge in [-0.05, 0) is 41.9 Å². The molecule has 1 aromatic carbocycles. The molecular formula is C11H8ClNO3. The molecule has 0 atom stereocenters. The summed E-state index contributed by atoms with van der Waals surface area (Å²) in [6.07, 6.45) is 2.64. The Labute approximate surface area is 97.1 Å². The number of hydrogen-bond acceptors (Lipinski definition) is 3. The summed E-state index contributed by atoms with van der Waals surface area (Å²) in [7, 11) is 0. The Morgan fingerprint density at radius 2 is 2.00 bits per heavy atom. The van der Waals surface area contributed by atoms with Crippen LogP contribution in [-0.2, 0) is 4.74 Å². The van der Waals surface area contributed by atoms with Gasteiger partial charge in [0.15, 0.2) is 0 Å². The van der Waals surface area contributed by atoms with E-state index in [-0.39, 0.29) is 0 Å². The highest BCUT2D eigenvalue weighted by atomic mass is 35.5. The van der Waals surface area contributed by atoms with Gasteiger partial charge in [-0.3, -0.25) is 9.69 Å². The number of anilines is 1. The van der Waals surface area contributed by atoms with Crippen molar-refractivity contribution in [2.45, 2.75) is 0 Å². The maximum absolute atomic E-state index is 11.4. The van der Waals surface area contributed by atoms with Gasteiger partial charge in [-0.1, -0.05) is 0 Å². The van der Waals surface area contributed by atoms with Gasteiger partial charge in [0.1, 0.15) is 0 Å². The minimum atomic E-state index is -0.521. The predicted octanol–water partition coefficient (Wildman–Crippen LogP) is 2.54. The molecule has 82 valence electrons.